The second kappa shape index (κ2) is 3.09. The lowest BCUT2D eigenvalue weighted by atomic mass is 10.3. The van der Waals surface area contributed by atoms with Crippen molar-refractivity contribution in [3.8, 4) is 0 Å². The van der Waals surface area contributed by atoms with Crippen LogP contribution in [0.5, 0.6) is 0 Å². The maximum Gasteiger partial charge on any atom is 0.213 e. The number of aryl methyl sites for hydroxylation is 2. The Labute approximate surface area is 69.5 Å². The van der Waals surface area contributed by atoms with Gasteiger partial charge in [0.2, 0.25) is 5.95 Å². The Kier molecular flexibility index (Phi) is 2.34. The zero-order chi connectivity index (χ0) is 8.43. The smallest absolute Gasteiger partial charge is 0.213 e. The van der Waals surface area contributed by atoms with E-state index in [0.717, 1.165) is 0 Å². The van der Waals surface area contributed by atoms with Crippen molar-refractivity contribution in [2.45, 2.75) is 20.3 Å². The number of H-pyrrole nitrogens is 1. The van der Waals surface area contributed by atoms with E-state index < -0.39 is 5.95 Å². The van der Waals surface area contributed by atoms with Gasteiger partial charge in [-0.05, 0) is 13.3 Å². The fraction of sp³-hybridized carbons (Fsp3) is 0.429. The van der Waals surface area contributed by atoms with Crippen LogP contribution in [0.3, 0.4) is 0 Å². The first-order chi connectivity index (χ1) is 5.15. The molecule has 0 saturated carbocycles. The van der Waals surface area contributed by atoms with Gasteiger partial charge in [-0.1, -0.05) is 19.1 Å². The van der Waals surface area contributed by atoms with E-state index in [2.05, 4.69) is 9.97 Å². The number of hydrogen-bond acceptors (Lipinski definition) is 2. The molecular weight excluding hydrogens is 163 g/mol. The van der Waals surface area contributed by atoms with Gasteiger partial charge in [-0.3, -0.25) is 4.98 Å². The molecule has 0 spiro atoms. The Morgan fingerprint density at radius 2 is 2.27 bits per heavy atom. The lowest BCUT2D eigenvalue weighted by molar-refractivity contribution is 0.553. The summed E-state index contributed by atoms with van der Waals surface area (Å²) in [6, 6.07) is 0. The van der Waals surface area contributed by atoms with Crippen LogP contribution in [-0.4, -0.2) is 9.97 Å². The van der Waals surface area contributed by atoms with Crippen LogP contribution in [0.1, 0.15) is 18.3 Å². The van der Waals surface area contributed by atoms with E-state index in [4.69, 9.17) is 12.2 Å². The highest BCUT2D eigenvalue weighted by Gasteiger charge is 2.02. The number of aromatic nitrogens is 2. The third kappa shape index (κ3) is 1.63. The molecule has 0 radical (unpaired) electrons. The molecule has 11 heavy (non-hydrogen) atoms. The molecule has 0 saturated heterocycles. The Bertz CT molecular complexity index is 319. The third-order valence-corrected chi connectivity index (χ3v) is 1.84. The van der Waals surface area contributed by atoms with Crippen molar-refractivity contribution in [3.63, 3.8) is 0 Å². The third-order valence-electron chi connectivity index (χ3n) is 1.44. The molecule has 0 aliphatic heterocycles. The molecule has 0 aliphatic carbocycles. The van der Waals surface area contributed by atoms with Crippen LogP contribution in [0.2, 0.25) is 0 Å². The van der Waals surface area contributed by atoms with Gasteiger partial charge in [0.15, 0.2) is 0 Å². The number of halogens is 1. The summed E-state index contributed by atoms with van der Waals surface area (Å²) in [6.45, 7) is 3.61. The number of nitrogens with one attached hydrogen (secondary N) is 1. The van der Waals surface area contributed by atoms with Gasteiger partial charge in [0.05, 0.1) is 11.4 Å². The summed E-state index contributed by atoms with van der Waals surface area (Å²) in [5.74, 6) is -0.414. The van der Waals surface area contributed by atoms with Crippen molar-refractivity contribution in [3.05, 3.63) is 22.0 Å². The predicted octanol–water partition coefficient (Wildman–Crippen LogP) is 2.15. The second-order valence-corrected chi connectivity index (χ2v) is 2.67. The minimum atomic E-state index is -0.414. The molecule has 0 fully saturated rings. The first-order valence-corrected chi connectivity index (χ1v) is 3.81. The van der Waals surface area contributed by atoms with Crippen molar-refractivity contribution in [2.24, 2.45) is 0 Å². The van der Waals surface area contributed by atoms with Gasteiger partial charge < -0.3 is 4.98 Å². The van der Waals surface area contributed by atoms with E-state index in [1.807, 2.05) is 6.92 Å². The van der Waals surface area contributed by atoms with Crippen LogP contribution in [0, 0.1) is 17.5 Å². The monoisotopic (exact) mass is 172 g/mol. The van der Waals surface area contributed by atoms with Gasteiger partial charge in [0.25, 0.3) is 0 Å². The molecule has 1 aromatic rings. The van der Waals surface area contributed by atoms with Crippen LogP contribution < -0.4 is 0 Å². The fourth-order valence-electron chi connectivity index (χ4n) is 0.799. The van der Waals surface area contributed by atoms with Crippen molar-refractivity contribution >= 4 is 12.2 Å². The molecule has 0 bridgehead atoms. The van der Waals surface area contributed by atoms with Crippen molar-refractivity contribution in [1.82, 2.24) is 9.97 Å². The predicted molar refractivity (Wildman–Crippen MR) is 43.5 cm³/mol. The fourth-order valence-corrected chi connectivity index (χ4v) is 0.934. The van der Waals surface area contributed by atoms with E-state index in [-0.39, 0.29) is 0 Å². The molecule has 0 aromatic carbocycles. The summed E-state index contributed by atoms with van der Waals surface area (Å²) in [6.07, 6.45) is 0.582. The Hall–Kier alpha value is -0.770. The van der Waals surface area contributed by atoms with Gasteiger partial charge >= 0.3 is 0 Å². The molecule has 0 aliphatic rings. The molecule has 2 nitrogen and oxygen atoms in total. The highest BCUT2D eigenvalue weighted by Crippen LogP contribution is 2.03. The van der Waals surface area contributed by atoms with Crippen LogP contribution in [-0.2, 0) is 6.42 Å². The lowest BCUT2D eigenvalue weighted by Crippen LogP contribution is -1.99. The molecule has 1 aromatic heterocycles. The van der Waals surface area contributed by atoms with E-state index >= 15 is 0 Å². The summed E-state index contributed by atoms with van der Waals surface area (Å²) in [5.41, 5.74) is 1.12. The van der Waals surface area contributed by atoms with Crippen molar-refractivity contribution in [2.75, 3.05) is 0 Å². The van der Waals surface area contributed by atoms with Crippen LogP contribution >= 0.6 is 12.2 Å². The molecular formula is C7H9FN2S. The van der Waals surface area contributed by atoms with Gasteiger partial charge in [0, 0.05) is 0 Å². The van der Waals surface area contributed by atoms with E-state index in [9.17, 15) is 4.39 Å². The topological polar surface area (TPSA) is 28.7 Å². The molecule has 1 rings (SSSR count). The molecule has 0 unspecified atom stereocenters. The van der Waals surface area contributed by atoms with Gasteiger partial charge in [-0.15, -0.1) is 0 Å². The Morgan fingerprint density at radius 1 is 1.64 bits per heavy atom. The quantitative estimate of drug-likeness (QED) is 0.657. The number of rotatable bonds is 1. The average Bonchev–Trinajstić information content (AvgIpc) is 1.97. The first-order valence-electron chi connectivity index (χ1n) is 3.40. The number of hydrogen-bond donors (Lipinski definition) is 1. The minimum Gasteiger partial charge on any atom is -0.320 e. The van der Waals surface area contributed by atoms with Gasteiger partial charge in [-0.2, -0.15) is 4.39 Å². The SMILES string of the molecule is CCc1nc(C)c(=S)[nH]c1F. The largest absolute Gasteiger partial charge is 0.320 e. The summed E-state index contributed by atoms with van der Waals surface area (Å²) >= 11 is 4.79. The highest BCUT2D eigenvalue weighted by atomic mass is 32.1. The zero-order valence-electron chi connectivity index (χ0n) is 6.44. The Balaban J connectivity index is 3.32. The van der Waals surface area contributed by atoms with Gasteiger partial charge in [0.1, 0.15) is 4.64 Å². The standard InChI is InChI=1S/C7H9FN2S/c1-3-5-6(8)10-7(11)4(2)9-5/h3H2,1-2H3,(H,10,11). The van der Waals surface area contributed by atoms with Crippen LogP contribution in [0.4, 0.5) is 4.39 Å². The molecule has 60 valence electrons. The Morgan fingerprint density at radius 3 is 2.82 bits per heavy atom. The van der Waals surface area contributed by atoms with Crippen LogP contribution in [0.25, 0.3) is 0 Å². The molecule has 1 heterocycles. The molecule has 1 N–H and O–H groups in total. The summed E-state index contributed by atoms with van der Waals surface area (Å²) < 4.78 is 13.2. The minimum absolute atomic E-state index is 0.375. The summed E-state index contributed by atoms with van der Waals surface area (Å²) in [4.78, 5) is 6.42. The van der Waals surface area contributed by atoms with Crippen molar-refractivity contribution in [1.29, 1.82) is 0 Å². The first kappa shape index (κ1) is 8.33. The molecule has 4 heteroatoms. The average molecular weight is 172 g/mol. The molecule has 0 atom stereocenters. The number of aromatic amines is 1. The van der Waals surface area contributed by atoms with Crippen LogP contribution in [0.15, 0.2) is 0 Å². The maximum absolute atomic E-state index is 12.8. The lowest BCUT2D eigenvalue weighted by Gasteiger charge is -1.99. The van der Waals surface area contributed by atoms with E-state index in [1.165, 1.54) is 0 Å². The maximum atomic E-state index is 12.8. The normalized spacial score (nSPS) is 10.1. The highest BCUT2D eigenvalue weighted by molar-refractivity contribution is 7.71. The second-order valence-electron chi connectivity index (χ2n) is 2.27. The van der Waals surface area contributed by atoms with Crippen molar-refractivity contribution < 1.29 is 4.39 Å². The van der Waals surface area contributed by atoms with Gasteiger partial charge in [-0.25, -0.2) is 0 Å². The van der Waals surface area contributed by atoms with E-state index in [0.29, 0.717) is 22.4 Å². The zero-order valence-corrected chi connectivity index (χ0v) is 7.26. The summed E-state index contributed by atoms with van der Waals surface area (Å²) in [7, 11) is 0. The number of nitrogens with zero attached hydrogens (tertiary/aromatic N) is 1. The van der Waals surface area contributed by atoms with E-state index in [1.54, 1.807) is 6.92 Å². The summed E-state index contributed by atoms with van der Waals surface area (Å²) in [5, 5.41) is 0. The molecule has 0 amide bonds.